The van der Waals surface area contributed by atoms with E-state index >= 15 is 0 Å². The zero-order valence-corrected chi connectivity index (χ0v) is 12.6. The highest BCUT2D eigenvalue weighted by Gasteiger charge is 2.15. The summed E-state index contributed by atoms with van der Waals surface area (Å²) < 4.78 is 27.9. The lowest BCUT2D eigenvalue weighted by molar-refractivity contribution is 0.389. The van der Waals surface area contributed by atoms with Crippen LogP contribution in [-0.2, 0) is 22.1 Å². The van der Waals surface area contributed by atoms with Crippen LogP contribution in [-0.4, -0.2) is 24.3 Å². The van der Waals surface area contributed by atoms with Gasteiger partial charge in [0.05, 0.1) is 0 Å². The largest absolute Gasteiger partial charge is 0.338 e. The average Bonchev–Trinajstić information content (AvgIpc) is 2.86. The smallest absolute Gasteiger partial charge is 0.242 e. The molecule has 2 aromatic rings. The minimum absolute atomic E-state index is 0. The van der Waals surface area contributed by atoms with Crippen LogP contribution >= 0.6 is 12.4 Å². The molecule has 0 radical (unpaired) electrons. The first-order chi connectivity index (χ1) is 9.04. The third-order valence-electron chi connectivity index (χ3n) is 2.70. The van der Waals surface area contributed by atoms with Crippen LogP contribution in [0, 0.1) is 0 Å². The van der Waals surface area contributed by atoms with Crippen molar-refractivity contribution >= 4 is 22.2 Å². The second-order valence-electron chi connectivity index (χ2n) is 4.09. The fourth-order valence-corrected chi connectivity index (χ4v) is 2.21. The summed E-state index contributed by atoms with van der Waals surface area (Å²) in [5.74, 6) is 0.317. The highest BCUT2D eigenvalue weighted by molar-refractivity contribution is 7.90. The molecule has 0 spiro atoms. The van der Waals surface area contributed by atoms with Gasteiger partial charge in [0.25, 0.3) is 0 Å². The minimum atomic E-state index is -3.16. The average molecular weight is 318 g/mol. The predicted molar refractivity (Wildman–Crippen MR) is 78.0 cm³/mol. The Morgan fingerprint density at radius 1 is 1.25 bits per heavy atom. The molecule has 0 fully saturated rings. The Labute approximate surface area is 123 Å². The summed E-state index contributed by atoms with van der Waals surface area (Å²) in [6.07, 6.45) is 0. The summed E-state index contributed by atoms with van der Waals surface area (Å²) in [4.78, 5) is 4.08. The van der Waals surface area contributed by atoms with Gasteiger partial charge in [-0.25, -0.2) is 8.42 Å². The van der Waals surface area contributed by atoms with E-state index in [0.29, 0.717) is 12.4 Å². The lowest BCUT2D eigenvalue weighted by Crippen LogP contribution is -2.06. The second kappa shape index (κ2) is 6.83. The van der Waals surface area contributed by atoms with Gasteiger partial charge in [-0.3, -0.25) is 0 Å². The van der Waals surface area contributed by atoms with Crippen LogP contribution in [0.1, 0.15) is 18.4 Å². The highest BCUT2D eigenvalue weighted by atomic mass is 35.5. The fraction of sp³-hybridized carbons (Fsp3) is 0.333. The van der Waals surface area contributed by atoms with E-state index in [1.165, 1.54) is 0 Å². The van der Waals surface area contributed by atoms with Crippen LogP contribution in [0.3, 0.4) is 0 Å². The maximum absolute atomic E-state index is 11.5. The molecule has 0 atom stereocenters. The normalized spacial score (nSPS) is 11.1. The number of hydrogen-bond donors (Lipinski definition) is 1. The van der Waals surface area contributed by atoms with Gasteiger partial charge in [-0.05, 0) is 5.56 Å². The first-order valence-electron chi connectivity index (χ1n) is 5.86. The molecule has 0 aliphatic carbocycles. The van der Waals surface area contributed by atoms with Gasteiger partial charge in [-0.2, -0.15) is 4.98 Å². The number of halogens is 1. The van der Waals surface area contributed by atoms with Gasteiger partial charge in [0.2, 0.25) is 11.7 Å². The van der Waals surface area contributed by atoms with Gasteiger partial charge in [0, 0.05) is 17.9 Å². The SMILES string of the molecule is CCS(=O)(=O)Cc1nc(-c2ccc(CN)cc2)no1.Cl. The van der Waals surface area contributed by atoms with Crippen LogP contribution in [0.5, 0.6) is 0 Å². The standard InChI is InChI=1S/C12H15N3O3S.ClH/c1-2-19(16,17)8-11-14-12(15-18-11)10-5-3-9(7-13)4-6-10;/h3-6H,2,7-8,13H2,1H3;1H. The molecule has 0 saturated carbocycles. The first kappa shape index (κ1) is 16.6. The molecule has 0 unspecified atom stereocenters. The molecule has 2 N–H and O–H groups in total. The molecule has 1 aromatic carbocycles. The maximum Gasteiger partial charge on any atom is 0.242 e. The zero-order valence-electron chi connectivity index (χ0n) is 10.9. The number of benzene rings is 1. The highest BCUT2D eigenvalue weighted by Crippen LogP contribution is 2.17. The lowest BCUT2D eigenvalue weighted by atomic mass is 10.1. The van der Waals surface area contributed by atoms with Crippen LogP contribution in [0.4, 0.5) is 0 Å². The Morgan fingerprint density at radius 2 is 1.90 bits per heavy atom. The van der Waals surface area contributed by atoms with E-state index in [4.69, 9.17) is 10.3 Å². The fourth-order valence-electron chi connectivity index (χ4n) is 1.51. The second-order valence-corrected chi connectivity index (χ2v) is 6.44. The van der Waals surface area contributed by atoms with Crippen molar-refractivity contribution < 1.29 is 12.9 Å². The third-order valence-corrected chi connectivity index (χ3v) is 4.27. The van der Waals surface area contributed by atoms with E-state index in [-0.39, 0.29) is 29.8 Å². The van der Waals surface area contributed by atoms with E-state index in [1.807, 2.05) is 24.3 Å². The molecule has 1 aromatic heterocycles. The van der Waals surface area contributed by atoms with Crippen molar-refractivity contribution in [1.82, 2.24) is 10.1 Å². The number of rotatable bonds is 5. The van der Waals surface area contributed by atoms with Gasteiger partial charge in [-0.1, -0.05) is 36.3 Å². The third kappa shape index (κ3) is 4.03. The summed E-state index contributed by atoms with van der Waals surface area (Å²) >= 11 is 0. The number of nitrogens with two attached hydrogens (primary N) is 1. The molecule has 20 heavy (non-hydrogen) atoms. The van der Waals surface area contributed by atoms with Crippen molar-refractivity contribution in [1.29, 1.82) is 0 Å². The van der Waals surface area contributed by atoms with Gasteiger partial charge < -0.3 is 10.3 Å². The van der Waals surface area contributed by atoms with Crippen molar-refractivity contribution in [2.45, 2.75) is 19.2 Å². The van der Waals surface area contributed by atoms with Crippen LogP contribution in [0.15, 0.2) is 28.8 Å². The van der Waals surface area contributed by atoms with E-state index in [0.717, 1.165) is 11.1 Å². The van der Waals surface area contributed by atoms with Gasteiger partial charge >= 0.3 is 0 Å². The van der Waals surface area contributed by atoms with E-state index in [1.54, 1.807) is 6.92 Å². The molecule has 0 aliphatic rings. The first-order valence-corrected chi connectivity index (χ1v) is 7.68. The molecule has 6 nitrogen and oxygen atoms in total. The van der Waals surface area contributed by atoms with Crippen molar-refractivity contribution in [3.63, 3.8) is 0 Å². The van der Waals surface area contributed by atoms with Crippen LogP contribution < -0.4 is 5.73 Å². The molecule has 0 amide bonds. The van der Waals surface area contributed by atoms with Crippen LogP contribution in [0.25, 0.3) is 11.4 Å². The Kier molecular flexibility index (Phi) is 5.67. The molecule has 1 heterocycles. The van der Waals surface area contributed by atoms with Crippen molar-refractivity contribution in [2.75, 3.05) is 5.75 Å². The number of hydrogen-bond acceptors (Lipinski definition) is 6. The Hall–Kier alpha value is -1.44. The molecule has 0 saturated heterocycles. The maximum atomic E-state index is 11.5. The Balaban J connectivity index is 0.00000200. The molecular weight excluding hydrogens is 302 g/mol. The van der Waals surface area contributed by atoms with Crippen molar-refractivity contribution in [2.24, 2.45) is 5.73 Å². The molecule has 2 rings (SSSR count). The molecule has 8 heteroatoms. The minimum Gasteiger partial charge on any atom is -0.338 e. The quantitative estimate of drug-likeness (QED) is 0.898. The van der Waals surface area contributed by atoms with Crippen LogP contribution in [0.2, 0.25) is 0 Å². The molecular formula is C12H16ClN3O3S. The number of aromatic nitrogens is 2. The van der Waals surface area contributed by atoms with Crippen molar-refractivity contribution in [3.8, 4) is 11.4 Å². The molecule has 0 aliphatic heterocycles. The van der Waals surface area contributed by atoms with Gasteiger partial charge in [0.1, 0.15) is 5.75 Å². The van der Waals surface area contributed by atoms with E-state index in [9.17, 15) is 8.42 Å². The zero-order chi connectivity index (χ0) is 13.9. The van der Waals surface area contributed by atoms with E-state index in [2.05, 4.69) is 10.1 Å². The monoisotopic (exact) mass is 317 g/mol. The number of sulfone groups is 1. The predicted octanol–water partition coefficient (Wildman–Crippen LogP) is 1.55. The van der Waals surface area contributed by atoms with Gasteiger partial charge in [0.15, 0.2) is 9.84 Å². The summed E-state index contributed by atoms with van der Waals surface area (Å²) in [7, 11) is -3.16. The van der Waals surface area contributed by atoms with E-state index < -0.39 is 9.84 Å². The molecule has 110 valence electrons. The summed E-state index contributed by atoms with van der Waals surface area (Å²) in [6.45, 7) is 2.05. The summed E-state index contributed by atoms with van der Waals surface area (Å²) in [5, 5.41) is 3.78. The Morgan fingerprint density at radius 3 is 2.45 bits per heavy atom. The summed E-state index contributed by atoms with van der Waals surface area (Å²) in [6, 6.07) is 7.39. The topological polar surface area (TPSA) is 99.1 Å². The van der Waals surface area contributed by atoms with Crippen molar-refractivity contribution in [3.05, 3.63) is 35.7 Å². The van der Waals surface area contributed by atoms with Gasteiger partial charge in [-0.15, -0.1) is 12.4 Å². The summed E-state index contributed by atoms with van der Waals surface area (Å²) in [5.41, 5.74) is 7.28. The Bertz CT molecular complexity index is 653. The molecule has 0 bridgehead atoms. The number of nitrogens with zero attached hydrogens (tertiary/aromatic N) is 2. The lowest BCUT2D eigenvalue weighted by Gasteiger charge is -1.97.